The van der Waals surface area contributed by atoms with Crippen molar-refractivity contribution in [3.63, 3.8) is 0 Å². The summed E-state index contributed by atoms with van der Waals surface area (Å²) in [5, 5.41) is 0. The van der Waals surface area contributed by atoms with E-state index in [0.29, 0.717) is 5.92 Å². The Morgan fingerprint density at radius 3 is 2.83 bits per heavy atom. The van der Waals surface area contributed by atoms with Crippen LogP contribution < -0.4 is 11.3 Å². The molecule has 0 aromatic rings. The third-order valence-electron chi connectivity index (χ3n) is 3.68. The first kappa shape index (κ1) is 15.2. The lowest BCUT2D eigenvalue weighted by Gasteiger charge is -2.36. The van der Waals surface area contributed by atoms with Gasteiger partial charge in [0.25, 0.3) is 0 Å². The van der Waals surface area contributed by atoms with E-state index < -0.39 is 0 Å². The number of likely N-dealkylation sites (tertiary alicyclic amines) is 1. The number of ether oxygens (including phenoxy) is 1. The molecule has 5 heteroatoms. The van der Waals surface area contributed by atoms with Crippen LogP contribution in [-0.2, 0) is 4.74 Å². The maximum atomic E-state index is 5.57. The zero-order chi connectivity index (χ0) is 13.4. The van der Waals surface area contributed by atoms with Crippen LogP contribution in [0.5, 0.6) is 0 Å². The van der Waals surface area contributed by atoms with Crippen molar-refractivity contribution in [1.82, 2.24) is 10.3 Å². The summed E-state index contributed by atoms with van der Waals surface area (Å²) in [7, 11) is 0. The van der Waals surface area contributed by atoms with Crippen LogP contribution in [0, 0.1) is 11.8 Å². The van der Waals surface area contributed by atoms with Crippen molar-refractivity contribution in [1.29, 1.82) is 0 Å². The van der Waals surface area contributed by atoms with Crippen molar-refractivity contribution in [2.45, 2.75) is 33.6 Å². The predicted octanol–water partition coefficient (Wildman–Crippen LogP) is 1.21. The molecule has 1 fully saturated rings. The van der Waals surface area contributed by atoms with Gasteiger partial charge in [-0.1, -0.05) is 13.8 Å². The number of aliphatic imine (C=N–C) groups is 1. The van der Waals surface area contributed by atoms with Gasteiger partial charge in [0, 0.05) is 32.8 Å². The molecule has 0 spiro atoms. The van der Waals surface area contributed by atoms with Gasteiger partial charge in [-0.15, -0.1) is 0 Å². The second-order valence-electron chi connectivity index (χ2n) is 5.09. The maximum absolute atomic E-state index is 5.57. The molecule has 18 heavy (non-hydrogen) atoms. The smallest absolute Gasteiger partial charge is 0.208 e. The normalized spacial score (nSPS) is 25.3. The minimum absolute atomic E-state index is 0.695. The van der Waals surface area contributed by atoms with Gasteiger partial charge in [0.2, 0.25) is 5.96 Å². The lowest BCUT2D eigenvalue weighted by atomic mass is 9.89. The van der Waals surface area contributed by atoms with Crippen molar-refractivity contribution in [2.24, 2.45) is 22.7 Å². The van der Waals surface area contributed by atoms with Crippen LogP contribution in [0.15, 0.2) is 4.99 Å². The standard InChI is InChI=1S/C13H28N4O/c1-4-18-9-5-7-15-13(16-14)17-8-6-11(2)12(3)10-17/h11-12H,4-10,14H2,1-3H3,(H,15,16). The molecular formula is C13H28N4O. The molecule has 0 radical (unpaired) electrons. The van der Waals surface area contributed by atoms with Crippen LogP contribution in [0.3, 0.4) is 0 Å². The molecule has 106 valence electrons. The summed E-state index contributed by atoms with van der Waals surface area (Å²) >= 11 is 0. The average Bonchev–Trinajstić information content (AvgIpc) is 2.37. The Morgan fingerprint density at radius 1 is 1.44 bits per heavy atom. The Labute approximate surface area is 111 Å². The number of rotatable bonds is 5. The summed E-state index contributed by atoms with van der Waals surface area (Å²) in [6.45, 7) is 11.0. The van der Waals surface area contributed by atoms with Crippen LogP contribution in [0.1, 0.15) is 33.6 Å². The van der Waals surface area contributed by atoms with Crippen molar-refractivity contribution >= 4 is 5.96 Å². The molecule has 3 N–H and O–H groups in total. The van der Waals surface area contributed by atoms with Gasteiger partial charge in [-0.3, -0.25) is 10.4 Å². The summed E-state index contributed by atoms with van der Waals surface area (Å²) in [4.78, 5) is 6.78. The minimum Gasteiger partial charge on any atom is -0.382 e. The monoisotopic (exact) mass is 256 g/mol. The fourth-order valence-corrected chi connectivity index (χ4v) is 2.19. The molecule has 0 aromatic heterocycles. The fraction of sp³-hybridized carbons (Fsp3) is 0.923. The molecule has 0 amide bonds. The van der Waals surface area contributed by atoms with Crippen molar-refractivity contribution in [3.8, 4) is 0 Å². The molecule has 2 atom stereocenters. The highest BCUT2D eigenvalue weighted by molar-refractivity contribution is 5.79. The molecule has 1 rings (SSSR count). The van der Waals surface area contributed by atoms with Crippen LogP contribution in [-0.4, -0.2) is 43.7 Å². The van der Waals surface area contributed by atoms with Crippen LogP contribution in [0.4, 0.5) is 0 Å². The second kappa shape index (κ2) is 8.32. The van der Waals surface area contributed by atoms with Gasteiger partial charge < -0.3 is 9.64 Å². The first-order chi connectivity index (χ1) is 8.69. The van der Waals surface area contributed by atoms with Crippen LogP contribution in [0.25, 0.3) is 0 Å². The third kappa shape index (κ3) is 4.82. The zero-order valence-electron chi connectivity index (χ0n) is 12.0. The Hall–Kier alpha value is -0.810. The number of nitrogens with one attached hydrogen (secondary N) is 1. The van der Waals surface area contributed by atoms with E-state index in [1.165, 1.54) is 6.42 Å². The molecule has 2 unspecified atom stereocenters. The van der Waals surface area contributed by atoms with Crippen molar-refractivity contribution in [3.05, 3.63) is 0 Å². The van der Waals surface area contributed by atoms with Crippen LogP contribution >= 0.6 is 0 Å². The Balaban J connectivity index is 2.37. The molecular weight excluding hydrogens is 228 g/mol. The lowest BCUT2D eigenvalue weighted by Crippen LogP contribution is -2.50. The molecule has 0 bridgehead atoms. The largest absolute Gasteiger partial charge is 0.382 e. The van der Waals surface area contributed by atoms with E-state index in [1.807, 2.05) is 6.92 Å². The maximum Gasteiger partial charge on any atom is 0.208 e. The highest BCUT2D eigenvalue weighted by Crippen LogP contribution is 2.22. The first-order valence-electron chi connectivity index (χ1n) is 7.02. The second-order valence-corrected chi connectivity index (χ2v) is 5.09. The molecule has 0 saturated carbocycles. The SMILES string of the molecule is CCOCCCN=C(NN)N1CCC(C)C(C)C1. The Morgan fingerprint density at radius 2 is 2.22 bits per heavy atom. The van der Waals surface area contributed by atoms with Gasteiger partial charge in [0.05, 0.1) is 0 Å². The van der Waals surface area contributed by atoms with Gasteiger partial charge >= 0.3 is 0 Å². The summed E-state index contributed by atoms with van der Waals surface area (Å²) in [6, 6.07) is 0. The molecule has 1 aliphatic rings. The van der Waals surface area contributed by atoms with Gasteiger partial charge in [-0.2, -0.15) is 0 Å². The number of hydrogen-bond donors (Lipinski definition) is 2. The minimum atomic E-state index is 0.695. The number of nitrogens with two attached hydrogens (primary N) is 1. The molecule has 5 nitrogen and oxygen atoms in total. The summed E-state index contributed by atoms with van der Waals surface area (Å²) in [5.41, 5.74) is 2.73. The van der Waals surface area contributed by atoms with Crippen molar-refractivity contribution < 1.29 is 4.74 Å². The van der Waals surface area contributed by atoms with E-state index in [0.717, 1.165) is 51.1 Å². The first-order valence-corrected chi connectivity index (χ1v) is 7.02. The Kier molecular flexibility index (Phi) is 7.05. The molecule has 1 heterocycles. The summed E-state index contributed by atoms with van der Waals surface area (Å²) in [5.74, 6) is 7.88. The van der Waals surface area contributed by atoms with E-state index in [4.69, 9.17) is 10.6 Å². The quantitative estimate of drug-likeness (QED) is 0.255. The van der Waals surface area contributed by atoms with Gasteiger partial charge in [-0.05, 0) is 31.6 Å². The van der Waals surface area contributed by atoms with E-state index in [9.17, 15) is 0 Å². The van der Waals surface area contributed by atoms with E-state index >= 15 is 0 Å². The predicted molar refractivity (Wildman–Crippen MR) is 75.3 cm³/mol. The van der Waals surface area contributed by atoms with Crippen LogP contribution in [0.2, 0.25) is 0 Å². The molecule has 0 aliphatic carbocycles. The van der Waals surface area contributed by atoms with E-state index in [-0.39, 0.29) is 0 Å². The van der Waals surface area contributed by atoms with Gasteiger partial charge in [-0.25, -0.2) is 5.84 Å². The molecule has 1 aliphatic heterocycles. The van der Waals surface area contributed by atoms with Crippen molar-refractivity contribution in [2.75, 3.05) is 32.8 Å². The molecule has 1 saturated heterocycles. The highest BCUT2D eigenvalue weighted by Gasteiger charge is 2.24. The highest BCUT2D eigenvalue weighted by atomic mass is 16.5. The average molecular weight is 256 g/mol. The number of nitrogens with zero attached hydrogens (tertiary/aromatic N) is 2. The van der Waals surface area contributed by atoms with Gasteiger partial charge in [0.1, 0.15) is 0 Å². The lowest BCUT2D eigenvalue weighted by molar-refractivity contribution is 0.146. The fourth-order valence-electron chi connectivity index (χ4n) is 2.19. The summed E-state index contributed by atoms with van der Waals surface area (Å²) in [6.07, 6.45) is 2.15. The molecule has 0 aromatic carbocycles. The summed E-state index contributed by atoms with van der Waals surface area (Å²) < 4.78 is 5.29. The zero-order valence-corrected chi connectivity index (χ0v) is 12.0. The third-order valence-corrected chi connectivity index (χ3v) is 3.68. The van der Waals surface area contributed by atoms with Gasteiger partial charge in [0.15, 0.2) is 0 Å². The topological polar surface area (TPSA) is 62.9 Å². The van der Waals surface area contributed by atoms with E-state index in [2.05, 4.69) is 29.2 Å². The number of hydrogen-bond acceptors (Lipinski definition) is 3. The number of hydrazine groups is 1. The number of guanidine groups is 1. The number of piperidine rings is 1. The Bertz CT molecular complexity index is 257. The van der Waals surface area contributed by atoms with E-state index in [1.54, 1.807) is 0 Å².